The van der Waals surface area contributed by atoms with Crippen molar-refractivity contribution >= 4 is 38.9 Å². The van der Waals surface area contributed by atoms with Crippen molar-refractivity contribution in [2.75, 3.05) is 17.2 Å². The number of hydrogen-bond donors (Lipinski definition) is 3. The highest BCUT2D eigenvalue weighted by molar-refractivity contribution is 7.18. The van der Waals surface area contributed by atoms with Crippen molar-refractivity contribution in [2.24, 2.45) is 5.73 Å². The second-order valence-electron chi connectivity index (χ2n) is 7.63. The first-order valence-electron chi connectivity index (χ1n) is 10.7. The Kier molecular flexibility index (Phi) is 6.19. The number of nitrogens with zero attached hydrogens (tertiary/aromatic N) is 4. The first-order valence-corrected chi connectivity index (χ1v) is 11.6. The van der Waals surface area contributed by atoms with Gasteiger partial charge in [0, 0.05) is 42.1 Å². The fourth-order valence-corrected chi connectivity index (χ4v) is 4.45. The highest BCUT2D eigenvalue weighted by atomic mass is 32.1. The van der Waals surface area contributed by atoms with Gasteiger partial charge >= 0.3 is 0 Å². The van der Waals surface area contributed by atoms with Gasteiger partial charge in [0.2, 0.25) is 0 Å². The fraction of sp³-hybridized carbons (Fsp3) is 0.120. The maximum absolute atomic E-state index is 6.42. The van der Waals surface area contributed by atoms with Crippen LogP contribution in [0.25, 0.3) is 21.6 Å². The zero-order valence-electron chi connectivity index (χ0n) is 17.8. The molecule has 0 aliphatic rings. The maximum atomic E-state index is 6.42. The SMILES string of the molecule is N[C@H](CNc1nc(-c2ccncc2)nc2c(Nc3ccccn3)csc12)Cc1ccccc1. The Balaban J connectivity index is 1.46. The number of fused-ring (bicyclic) bond motifs is 1. The van der Waals surface area contributed by atoms with E-state index < -0.39 is 0 Å². The van der Waals surface area contributed by atoms with Crippen LogP contribution in [0.15, 0.2) is 84.6 Å². The molecule has 5 aromatic rings. The summed E-state index contributed by atoms with van der Waals surface area (Å²) in [7, 11) is 0. The van der Waals surface area contributed by atoms with Crippen LogP contribution in [0.1, 0.15) is 5.56 Å². The summed E-state index contributed by atoms with van der Waals surface area (Å²) in [4.78, 5) is 18.2. The molecule has 164 valence electrons. The Labute approximate surface area is 195 Å². The average Bonchev–Trinajstić information content (AvgIpc) is 3.27. The molecule has 1 aromatic carbocycles. The Morgan fingerprint density at radius 2 is 1.73 bits per heavy atom. The standard InChI is InChI=1S/C25H23N7S/c26-19(14-17-6-2-1-3-7-17)15-29-25-23-22(31-24(32-25)18-9-12-27-13-10-18)20(16-33-23)30-21-8-4-5-11-28-21/h1-13,16,19H,14-15,26H2,(H,28,30)(H,29,31,32)/t19-/m0/s1. The van der Waals surface area contributed by atoms with E-state index in [9.17, 15) is 0 Å². The molecule has 0 unspecified atom stereocenters. The van der Waals surface area contributed by atoms with Gasteiger partial charge in [0.15, 0.2) is 5.82 Å². The molecule has 0 aliphatic heterocycles. The number of aromatic nitrogens is 4. The minimum Gasteiger partial charge on any atom is -0.367 e. The first kappa shape index (κ1) is 21.0. The lowest BCUT2D eigenvalue weighted by atomic mass is 10.1. The fourth-order valence-electron chi connectivity index (χ4n) is 3.55. The molecule has 7 nitrogen and oxygen atoms in total. The molecule has 33 heavy (non-hydrogen) atoms. The number of thiophene rings is 1. The zero-order valence-corrected chi connectivity index (χ0v) is 18.7. The number of anilines is 3. The van der Waals surface area contributed by atoms with Gasteiger partial charge in [-0.25, -0.2) is 15.0 Å². The molecule has 1 atom stereocenters. The van der Waals surface area contributed by atoms with Gasteiger partial charge < -0.3 is 16.4 Å². The van der Waals surface area contributed by atoms with Gasteiger partial charge in [0.25, 0.3) is 0 Å². The number of hydrogen-bond acceptors (Lipinski definition) is 8. The van der Waals surface area contributed by atoms with Gasteiger partial charge in [-0.1, -0.05) is 36.4 Å². The predicted octanol–water partition coefficient (Wildman–Crippen LogP) is 4.87. The zero-order chi connectivity index (χ0) is 22.5. The lowest BCUT2D eigenvalue weighted by Gasteiger charge is -2.15. The third-order valence-corrected chi connectivity index (χ3v) is 6.13. The van der Waals surface area contributed by atoms with Crippen LogP contribution in [-0.2, 0) is 6.42 Å². The summed E-state index contributed by atoms with van der Waals surface area (Å²) in [6, 6.07) is 19.8. The highest BCUT2D eigenvalue weighted by Gasteiger charge is 2.16. The number of nitrogens with two attached hydrogens (primary N) is 1. The van der Waals surface area contributed by atoms with E-state index in [1.165, 1.54) is 5.56 Å². The topological polar surface area (TPSA) is 102 Å². The van der Waals surface area contributed by atoms with Crippen molar-refractivity contribution in [2.45, 2.75) is 12.5 Å². The van der Waals surface area contributed by atoms with Crippen molar-refractivity contribution in [3.8, 4) is 11.4 Å². The summed E-state index contributed by atoms with van der Waals surface area (Å²) < 4.78 is 0.971. The van der Waals surface area contributed by atoms with Crippen LogP contribution in [0.4, 0.5) is 17.3 Å². The monoisotopic (exact) mass is 453 g/mol. The van der Waals surface area contributed by atoms with E-state index in [1.54, 1.807) is 29.9 Å². The highest BCUT2D eigenvalue weighted by Crippen LogP contribution is 2.36. The molecule has 0 aliphatic carbocycles. The molecule has 4 aromatic heterocycles. The minimum atomic E-state index is -0.0483. The molecule has 0 saturated carbocycles. The van der Waals surface area contributed by atoms with Crippen LogP contribution in [-0.4, -0.2) is 32.5 Å². The van der Waals surface area contributed by atoms with Crippen LogP contribution < -0.4 is 16.4 Å². The first-order chi connectivity index (χ1) is 16.3. The van der Waals surface area contributed by atoms with Gasteiger partial charge in [0.05, 0.1) is 10.4 Å². The summed E-state index contributed by atoms with van der Waals surface area (Å²) in [6.45, 7) is 0.595. The summed E-state index contributed by atoms with van der Waals surface area (Å²) >= 11 is 1.59. The van der Waals surface area contributed by atoms with Gasteiger partial charge in [-0.05, 0) is 36.2 Å². The number of rotatable bonds is 8. The molecule has 8 heteroatoms. The maximum Gasteiger partial charge on any atom is 0.162 e. The Hall–Kier alpha value is -3.88. The molecule has 0 spiro atoms. The lowest BCUT2D eigenvalue weighted by molar-refractivity contribution is 0.698. The average molecular weight is 454 g/mol. The second-order valence-corrected chi connectivity index (χ2v) is 8.51. The Bertz CT molecular complexity index is 1320. The molecule has 4 heterocycles. The second kappa shape index (κ2) is 9.72. The van der Waals surface area contributed by atoms with Crippen LogP contribution in [0.3, 0.4) is 0 Å². The van der Waals surface area contributed by atoms with E-state index in [4.69, 9.17) is 15.7 Å². The van der Waals surface area contributed by atoms with Crippen molar-refractivity contribution < 1.29 is 0 Å². The molecule has 0 radical (unpaired) electrons. The van der Waals surface area contributed by atoms with Crippen molar-refractivity contribution in [3.63, 3.8) is 0 Å². The van der Waals surface area contributed by atoms with Crippen molar-refractivity contribution in [1.29, 1.82) is 0 Å². The lowest BCUT2D eigenvalue weighted by Crippen LogP contribution is -2.31. The van der Waals surface area contributed by atoms with Crippen molar-refractivity contribution in [3.05, 3.63) is 90.2 Å². The van der Waals surface area contributed by atoms with E-state index in [0.29, 0.717) is 12.4 Å². The van der Waals surface area contributed by atoms with E-state index in [1.807, 2.05) is 53.9 Å². The summed E-state index contributed by atoms with van der Waals surface area (Å²) in [5, 5.41) is 8.89. The van der Waals surface area contributed by atoms with Gasteiger partial charge in [-0.3, -0.25) is 4.98 Å². The normalized spacial score (nSPS) is 11.9. The van der Waals surface area contributed by atoms with E-state index in [2.05, 4.69) is 32.7 Å². The van der Waals surface area contributed by atoms with Crippen LogP contribution in [0.5, 0.6) is 0 Å². The molecular formula is C25H23N7S. The van der Waals surface area contributed by atoms with Crippen molar-refractivity contribution in [1.82, 2.24) is 19.9 Å². The number of nitrogens with one attached hydrogen (secondary N) is 2. The van der Waals surface area contributed by atoms with E-state index in [-0.39, 0.29) is 6.04 Å². The Morgan fingerprint density at radius 1 is 0.909 bits per heavy atom. The molecule has 0 fully saturated rings. The molecular weight excluding hydrogens is 430 g/mol. The number of pyridine rings is 2. The summed E-state index contributed by atoms with van der Waals surface area (Å²) in [5.74, 6) is 2.17. The van der Waals surface area contributed by atoms with Crippen LogP contribution in [0.2, 0.25) is 0 Å². The van der Waals surface area contributed by atoms with Crippen LogP contribution >= 0.6 is 11.3 Å². The molecule has 4 N–H and O–H groups in total. The Morgan fingerprint density at radius 3 is 2.52 bits per heavy atom. The smallest absolute Gasteiger partial charge is 0.162 e. The largest absolute Gasteiger partial charge is 0.367 e. The third kappa shape index (κ3) is 4.97. The predicted molar refractivity (Wildman–Crippen MR) is 135 cm³/mol. The van der Waals surface area contributed by atoms with Crippen LogP contribution in [0, 0.1) is 0 Å². The van der Waals surface area contributed by atoms with Gasteiger partial charge in [0.1, 0.15) is 17.2 Å². The molecule has 0 amide bonds. The summed E-state index contributed by atoms with van der Waals surface area (Å²) in [6.07, 6.45) is 6.03. The summed E-state index contributed by atoms with van der Waals surface area (Å²) in [5.41, 5.74) is 10.3. The van der Waals surface area contributed by atoms with E-state index in [0.717, 1.165) is 39.5 Å². The van der Waals surface area contributed by atoms with E-state index >= 15 is 0 Å². The van der Waals surface area contributed by atoms with Gasteiger partial charge in [-0.15, -0.1) is 11.3 Å². The molecule has 0 saturated heterocycles. The minimum absolute atomic E-state index is 0.0483. The van der Waals surface area contributed by atoms with Gasteiger partial charge in [-0.2, -0.15) is 0 Å². The molecule has 0 bridgehead atoms. The quantitative estimate of drug-likeness (QED) is 0.308. The third-order valence-electron chi connectivity index (χ3n) is 5.15. The number of benzene rings is 1. The molecule has 5 rings (SSSR count).